The Morgan fingerprint density at radius 1 is 1.29 bits per heavy atom. The number of aromatic nitrogens is 2. The molecule has 21 heavy (non-hydrogen) atoms. The van der Waals surface area contributed by atoms with Gasteiger partial charge < -0.3 is 14.8 Å². The van der Waals surface area contributed by atoms with Crippen molar-refractivity contribution in [1.82, 2.24) is 9.97 Å². The van der Waals surface area contributed by atoms with Crippen molar-refractivity contribution in [3.8, 4) is 5.88 Å². The number of ether oxygens (including phenoxy) is 2. The molecule has 1 heterocycles. The number of nitrogens with zero attached hydrogens (tertiary/aromatic N) is 2. The number of methoxy groups -OCH3 is 1. The highest BCUT2D eigenvalue weighted by Gasteiger charge is 2.13. The van der Waals surface area contributed by atoms with Crippen LogP contribution in [0, 0.1) is 0 Å². The van der Waals surface area contributed by atoms with Gasteiger partial charge in [-0.25, -0.2) is 9.97 Å². The molecule has 2 aromatic rings. The monoisotopic (exact) mass is 307 g/mol. The lowest BCUT2D eigenvalue weighted by Crippen LogP contribution is -2.15. The zero-order valence-electron chi connectivity index (χ0n) is 12.0. The van der Waals surface area contributed by atoms with Crippen molar-refractivity contribution in [3.05, 3.63) is 47.2 Å². The smallest absolute Gasteiger partial charge is 0.218 e. The van der Waals surface area contributed by atoms with Gasteiger partial charge in [0.05, 0.1) is 6.61 Å². The number of benzene rings is 1. The normalized spacial score (nSPS) is 12.0. The second-order valence-corrected chi connectivity index (χ2v) is 4.71. The van der Waals surface area contributed by atoms with Crippen LogP contribution >= 0.6 is 11.6 Å². The fourth-order valence-corrected chi connectivity index (χ4v) is 2.17. The Hall–Kier alpha value is -1.85. The molecule has 0 amide bonds. The van der Waals surface area contributed by atoms with Crippen LogP contribution < -0.4 is 10.1 Å². The molecule has 0 saturated heterocycles. The molecular weight excluding hydrogens is 290 g/mol. The molecule has 0 aliphatic heterocycles. The number of hydrogen-bond acceptors (Lipinski definition) is 5. The Bertz CT molecular complexity index is 580. The standard InChI is InChI=1S/C15H18ClN3O2/c1-3-21-15-8-14(18-10-19-15)17-9-13(20-2)11-6-4-5-7-12(11)16/h4-8,10,13H,3,9H2,1-2H3,(H,17,18,19). The quantitative estimate of drug-likeness (QED) is 0.850. The Balaban J connectivity index is 2.03. The summed E-state index contributed by atoms with van der Waals surface area (Å²) in [6, 6.07) is 9.38. The van der Waals surface area contributed by atoms with Gasteiger partial charge in [-0.2, -0.15) is 0 Å². The van der Waals surface area contributed by atoms with Crippen molar-refractivity contribution in [1.29, 1.82) is 0 Å². The minimum absolute atomic E-state index is 0.163. The maximum absolute atomic E-state index is 6.19. The van der Waals surface area contributed by atoms with Gasteiger partial charge in [-0.3, -0.25) is 0 Å². The van der Waals surface area contributed by atoms with Crippen molar-refractivity contribution in [3.63, 3.8) is 0 Å². The van der Waals surface area contributed by atoms with Crippen LogP contribution in [0.5, 0.6) is 5.88 Å². The molecule has 0 saturated carbocycles. The number of anilines is 1. The van der Waals surface area contributed by atoms with Crippen molar-refractivity contribution in [2.24, 2.45) is 0 Å². The molecule has 1 N–H and O–H groups in total. The Labute approximate surface area is 129 Å². The predicted molar refractivity (Wildman–Crippen MR) is 82.9 cm³/mol. The topological polar surface area (TPSA) is 56.3 Å². The molecule has 5 nitrogen and oxygen atoms in total. The third-order valence-corrected chi connectivity index (χ3v) is 3.28. The molecule has 1 aromatic carbocycles. The molecule has 1 unspecified atom stereocenters. The zero-order chi connectivity index (χ0) is 15.1. The zero-order valence-corrected chi connectivity index (χ0v) is 12.8. The van der Waals surface area contributed by atoms with Gasteiger partial charge in [-0.05, 0) is 13.0 Å². The molecule has 2 rings (SSSR count). The first-order valence-corrected chi connectivity index (χ1v) is 7.08. The van der Waals surface area contributed by atoms with Gasteiger partial charge in [-0.15, -0.1) is 0 Å². The molecule has 1 atom stereocenters. The van der Waals surface area contributed by atoms with Gasteiger partial charge in [0.15, 0.2) is 0 Å². The number of hydrogen-bond donors (Lipinski definition) is 1. The van der Waals surface area contributed by atoms with Crippen LogP contribution in [0.4, 0.5) is 5.82 Å². The maximum Gasteiger partial charge on any atom is 0.218 e. The Morgan fingerprint density at radius 2 is 2.10 bits per heavy atom. The van der Waals surface area contributed by atoms with E-state index in [-0.39, 0.29) is 6.10 Å². The second-order valence-electron chi connectivity index (χ2n) is 4.30. The van der Waals surface area contributed by atoms with Crippen LogP contribution in [0.1, 0.15) is 18.6 Å². The van der Waals surface area contributed by atoms with Crippen molar-refractivity contribution in [2.75, 3.05) is 25.6 Å². The molecule has 0 bridgehead atoms. The summed E-state index contributed by atoms with van der Waals surface area (Å²) < 4.78 is 10.8. The first-order chi connectivity index (χ1) is 10.2. The van der Waals surface area contributed by atoms with Crippen LogP contribution in [0.25, 0.3) is 0 Å². The summed E-state index contributed by atoms with van der Waals surface area (Å²) in [6.07, 6.45) is 1.30. The molecule has 0 radical (unpaired) electrons. The Kier molecular flexibility index (Phi) is 5.78. The summed E-state index contributed by atoms with van der Waals surface area (Å²) in [5.41, 5.74) is 0.938. The lowest BCUT2D eigenvalue weighted by molar-refractivity contribution is 0.114. The summed E-state index contributed by atoms with van der Waals surface area (Å²) in [5.74, 6) is 1.23. The molecule has 6 heteroatoms. The molecule has 112 valence electrons. The van der Waals surface area contributed by atoms with E-state index in [1.807, 2.05) is 31.2 Å². The third-order valence-electron chi connectivity index (χ3n) is 2.94. The van der Waals surface area contributed by atoms with Gasteiger partial charge >= 0.3 is 0 Å². The fraction of sp³-hybridized carbons (Fsp3) is 0.333. The van der Waals surface area contributed by atoms with Crippen LogP contribution in [0.15, 0.2) is 36.7 Å². The van der Waals surface area contributed by atoms with E-state index in [2.05, 4.69) is 15.3 Å². The van der Waals surface area contributed by atoms with Gasteiger partial charge in [0.25, 0.3) is 0 Å². The van der Waals surface area contributed by atoms with Gasteiger partial charge in [0.2, 0.25) is 5.88 Å². The van der Waals surface area contributed by atoms with E-state index in [0.29, 0.717) is 29.9 Å². The molecule has 1 aromatic heterocycles. The van der Waals surface area contributed by atoms with E-state index in [1.165, 1.54) is 6.33 Å². The van der Waals surface area contributed by atoms with Crippen LogP contribution in [-0.4, -0.2) is 30.2 Å². The van der Waals surface area contributed by atoms with E-state index in [4.69, 9.17) is 21.1 Å². The summed E-state index contributed by atoms with van der Waals surface area (Å²) in [6.45, 7) is 3.02. The summed E-state index contributed by atoms with van der Waals surface area (Å²) >= 11 is 6.19. The summed E-state index contributed by atoms with van der Waals surface area (Å²) in [7, 11) is 1.65. The fourth-order valence-electron chi connectivity index (χ4n) is 1.92. The summed E-state index contributed by atoms with van der Waals surface area (Å²) in [4.78, 5) is 8.18. The van der Waals surface area contributed by atoms with Crippen LogP contribution in [0.3, 0.4) is 0 Å². The number of rotatable bonds is 7. The third kappa shape index (κ3) is 4.31. The van der Waals surface area contributed by atoms with E-state index in [1.54, 1.807) is 13.2 Å². The first kappa shape index (κ1) is 15.5. The average molecular weight is 308 g/mol. The molecule has 0 aliphatic rings. The van der Waals surface area contributed by atoms with Gasteiger partial charge in [-0.1, -0.05) is 29.8 Å². The average Bonchev–Trinajstić information content (AvgIpc) is 2.50. The molecule has 0 aliphatic carbocycles. The van der Waals surface area contributed by atoms with Gasteiger partial charge in [0, 0.05) is 30.3 Å². The molecule has 0 spiro atoms. The van der Waals surface area contributed by atoms with Crippen LogP contribution in [0.2, 0.25) is 5.02 Å². The van der Waals surface area contributed by atoms with Crippen molar-refractivity contribution in [2.45, 2.75) is 13.0 Å². The maximum atomic E-state index is 6.19. The number of halogens is 1. The van der Waals surface area contributed by atoms with Gasteiger partial charge in [0.1, 0.15) is 18.2 Å². The second kappa shape index (κ2) is 7.81. The largest absolute Gasteiger partial charge is 0.478 e. The minimum Gasteiger partial charge on any atom is -0.478 e. The van der Waals surface area contributed by atoms with Crippen LogP contribution in [-0.2, 0) is 4.74 Å². The lowest BCUT2D eigenvalue weighted by atomic mass is 10.1. The first-order valence-electron chi connectivity index (χ1n) is 6.70. The highest BCUT2D eigenvalue weighted by atomic mass is 35.5. The number of nitrogens with one attached hydrogen (secondary N) is 1. The Morgan fingerprint density at radius 3 is 2.81 bits per heavy atom. The lowest BCUT2D eigenvalue weighted by Gasteiger charge is -2.18. The van der Waals surface area contributed by atoms with Crippen molar-refractivity contribution < 1.29 is 9.47 Å². The minimum atomic E-state index is -0.163. The van der Waals surface area contributed by atoms with E-state index in [9.17, 15) is 0 Å². The van der Waals surface area contributed by atoms with E-state index in [0.717, 1.165) is 5.56 Å². The summed E-state index contributed by atoms with van der Waals surface area (Å²) in [5, 5.41) is 3.89. The molecular formula is C15H18ClN3O2. The highest BCUT2D eigenvalue weighted by molar-refractivity contribution is 6.31. The van der Waals surface area contributed by atoms with Crippen molar-refractivity contribution >= 4 is 17.4 Å². The predicted octanol–water partition coefficient (Wildman–Crippen LogP) is 3.33. The highest BCUT2D eigenvalue weighted by Crippen LogP contribution is 2.25. The molecule has 0 fully saturated rings. The van der Waals surface area contributed by atoms with E-state index < -0.39 is 0 Å². The SMILES string of the molecule is CCOc1cc(NCC(OC)c2ccccc2Cl)ncn1. The van der Waals surface area contributed by atoms with E-state index >= 15 is 0 Å².